The smallest absolute Gasteiger partial charge is 0.336 e. The van der Waals surface area contributed by atoms with Crippen molar-refractivity contribution >= 4 is 45.1 Å². The van der Waals surface area contributed by atoms with Crippen molar-refractivity contribution in [2.24, 2.45) is 0 Å². The number of nitrogens with zero attached hydrogens (tertiary/aromatic N) is 1. The average molecular weight is 383 g/mol. The van der Waals surface area contributed by atoms with Crippen molar-refractivity contribution in [1.82, 2.24) is 0 Å². The second-order valence-corrected chi connectivity index (χ2v) is 7.22. The Bertz CT molecular complexity index is 541. The number of halogens is 2. The van der Waals surface area contributed by atoms with Crippen LogP contribution in [0.3, 0.4) is 0 Å². The number of allylic oxidation sites excluding steroid dienone is 1. The van der Waals surface area contributed by atoms with Gasteiger partial charge in [0, 0.05) is 27.8 Å². The van der Waals surface area contributed by atoms with E-state index in [1.807, 2.05) is 18.0 Å². The molecule has 7 heteroatoms. The quantitative estimate of drug-likeness (QED) is 0.731. The highest BCUT2D eigenvalue weighted by atomic mass is 79.9. The van der Waals surface area contributed by atoms with Gasteiger partial charge in [-0.05, 0) is 34.1 Å². The molecule has 0 radical (unpaired) electrons. The predicted octanol–water partition coefficient (Wildman–Crippen LogP) is 3.39. The van der Waals surface area contributed by atoms with Crippen LogP contribution in [-0.2, 0) is 4.57 Å². The van der Waals surface area contributed by atoms with Gasteiger partial charge in [0.25, 0.3) is 0 Å². The molecule has 1 atom stereocenters. The van der Waals surface area contributed by atoms with Crippen molar-refractivity contribution in [3.8, 4) is 0 Å². The first-order chi connectivity index (χ1) is 7.82. The zero-order valence-corrected chi connectivity index (χ0v) is 12.9. The molecule has 0 fully saturated rings. The first-order valence-electron chi connectivity index (χ1n) is 4.76. The summed E-state index contributed by atoms with van der Waals surface area (Å²) >= 11 is 6.75. The molecule has 0 spiro atoms. The van der Waals surface area contributed by atoms with E-state index in [1.54, 1.807) is 12.3 Å². The monoisotopic (exact) mass is 381 g/mol. The molecule has 2 N–H and O–H groups in total. The minimum absolute atomic E-state index is 0.609. The highest BCUT2D eigenvalue weighted by Crippen LogP contribution is 2.58. The molecule has 1 heterocycles. The number of rotatable bonds is 1. The van der Waals surface area contributed by atoms with Crippen molar-refractivity contribution in [3.05, 3.63) is 38.9 Å². The topological polar surface area (TPSA) is 60.8 Å². The van der Waals surface area contributed by atoms with E-state index in [2.05, 4.69) is 31.9 Å². The van der Waals surface area contributed by atoms with Gasteiger partial charge < -0.3 is 14.7 Å². The van der Waals surface area contributed by atoms with Gasteiger partial charge >= 0.3 is 7.60 Å². The molecule has 1 aliphatic rings. The minimum Gasteiger partial charge on any atom is -0.350 e. The highest BCUT2D eigenvalue weighted by Gasteiger charge is 2.35. The summed E-state index contributed by atoms with van der Waals surface area (Å²) in [5.74, 6) is 0. The van der Waals surface area contributed by atoms with Gasteiger partial charge in [0.05, 0.1) is 5.69 Å². The molecule has 0 aromatic heterocycles. The molecule has 0 saturated carbocycles. The van der Waals surface area contributed by atoms with Gasteiger partial charge in [-0.3, -0.25) is 4.57 Å². The summed E-state index contributed by atoms with van der Waals surface area (Å²) in [5, 5.41) is 0. The van der Waals surface area contributed by atoms with Crippen molar-refractivity contribution in [2.75, 3.05) is 11.9 Å². The fraction of sp³-hybridized carbons (Fsp3) is 0.200. The van der Waals surface area contributed by atoms with Crippen LogP contribution in [-0.4, -0.2) is 16.8 Å². The van der Waals surface area contributed by atoms with Crippen LogP contribution >= 0.6 is 39.5 Å². The first-order valence-corrected chi connectivity index (χ1v) is 8.03. The standard InChI is InChI=1S/C10H10Br2NO3P/c1-13-5-4-8(17(14,15)16)9-6(11)2-3-7(12)10(9)13/h2-5,8H,1H3,(H2,14,15,16). The van der Waals surface area contributed by atoms with Crippen LogP contribution in [0, 0.1) is 0 Å². The fourth-order valence-corrected chi connectivity index (χ4v) is 4.13. The summed E-state index contributed by atoms with van der Waals surface area (Å²) < 4.78 is 13.0. The number of hydrogen-bond donors (Lipinski definition) is 2. The van der Waals surface area contributed by atoms with Gasteiger partial charge in [0.1, 0.15) is 5.66 Å². The Morgan fingerprint density at radius 3 is 2.47 bits per heavy atom. The van der Waals surface area contributed by atoms with Crippen molar-refractivity contribution in [2.45, 2.75) is 5.66 Å². The molecule has 17 heavy (non-hydrogen) atoms. The van der Waals surface area contributed by atoms with E-state index >= 15 is 0 Å². The largest absolute Gasteiger partial charge is 0.350 e. The van der Waals surface area contributed by atoms with E-state index < -0.39 is 13.3 Å². The molecule has 1 aromatic rings. The van der Waals surface area contributed by atoms with Crippen molar-refractivity contribution in [3.63, 3.8) is 0 Å². The van der Waals surface area contributed by atoms with Gasteiger partial charge in [0.15, 0.2) is 0 Å². The van der Waals surface area contributed by atoms with E-state index in [0.717, 1.165) is 10.2 Å². The predicted molar refractivity (Wildman–Crippen MR) is 74.2 cm³/mol. The third kappa shape index (κ3) is 2.37. The van der Waals surface area contributed by atoms with E-state index in [4.69, 9.17) is 0 Å². The van der Waals surface area contributed by atoms with Gasteiger partial charge in [-0.25, -0.2) is 0 Å². The molecular weight excluding hydrogens is 373 g/mol. The molecular formula is C10H10Br2NO3P. The van der Waals surface area contributed by atoms with Crippen molar-refractivity contribution in [1.29, 1.82) is 0 Å². The van der Waals surface area contributed by atoms with Crippen LogP contribution in [0.1, 0.15) is 11.2 Å². The van der Waals surface area contributed by atoms with Crippen LogP contribution in [0.15, 0.2) is 33.4 Å². The number of anilines is 1. The molecule has 1 unspecified atom stereocenters. The lowest BCUT2D eigenvalue weighted by atomic mass is 10.1. The zero-order chi connectivity index (χ0) is 12.8. The SMILES string of the molecule is CN1C=CC(P(=O)(O)O)c2c(Br)ccc(Br)c21. The van der Waals surface area contributed by atoms with Crippen LogP contribution in [0.25, 0.3) is 0 Å². The number of benzene rings is 1. The summed E-state index contributed by atoms with van der Waals surface area (Å²) in [6, 6.07) is 3.62. The summed E-state index contributed by atoms with van der Waals surface area (Å²) in [6.45, 7) is 0. The van der Waals surface area contributed by atoms with Crippen LogP contribution in [0.5, 0.6) is 0 Å². The van der Waals surface area contributed by atoms with E-state index in [0.29, 0.717) is 10.0 Å². The normalized spacial score (nSPS) is 19.4. The fourth-order valence-electron chi connectivity index (χ4n) is 1.86. The van der Waals surface area contributed by atoms with Crippen LogP contribution in [0.4, 0.5) is 5.69 Å². The number of hydrogen-bond acceptors (Lipinski definition) is 2. The van der Waals surface area contributed by atoms with Crippen LogP contribution in [0.2, 0.25) is 0 Å². The lowest BCUT2D eigenvalue weighted by Gasteiger charge is -2.30. The molecule has 0 bridgehead atoms. The Balaban J connectivity index is 2.72. The third-order valence-electron chi connectivity index (χ3n) is 2.62. The molecule has 1 aliphatic heterocycles. The summed E-state index contributed by atoms with van der Waals surface area (Å²) in [6.07, 6.45) is 3.20. The Morgan fingerprint density at radius 2 is 1.88 bits per heavy atom. The summed E-state index contributed by atoms with van der Waals surface area (Å²) in [4.78, 5) is 20.6. The Labute approximate surface area is 116 Å². The van der Waals surface area contributed by atoms with Gasteiger partial charge in [0.2, 0.25) is 0 Å². The first kappa shape index (κ1) is 13.3. The zero-order valence-electron chi connectivity index (χ0n) is 8.84. The van der Waals surface area contributed by atoms with E-state index in [-0.39, 0.29) is 0 Å². The molecule has 0 aliphatic carbocycles. The molecule has 0 amide bonds. The third-order valence-corrected chi connectivity index (χ3v) is 5.10. The maximum atomic E-state index is 11.5. The van der Waals surface area contributed by atoms with Gasteiger partial charge in [-0.15, -0.1) is 0 Å². The Kier molecular flexibility index (Phi) is 3.54. The number of fused-ring (bicyclic) bond motifs is 1. The molecule has 2 rings (SSSR count). The van der Waals surface area contributed by atoms with Gasteiger partial charge in [-0.1, -0.05) is 15.9 Å². The second-order valence-electron chi connectivity index (χ2n) is 3.78. The Hall–Kier alpha value is -0.130. The average Bonchev–Trinajstić information content (AvgIpc) is 2.22. The molecule has 1 aromatic carbocycles. The molecule has 0 saturated heterocycles. The van der Waals surface area contributed by atoms with Crippen LogP contribution < -0.4 is 4.90 Å². The maximum Gasteiger partial charge on any atom is 0.336 e. The molecule has 4 nitrogen and oxygen atoms in total. The lowest BCUT2D eigenvalue weighted by molar-refractivity contribution is 0.365. The van der Waals surface area contributed by atoms with Gasteiger partial charge in [-0.2, -0.15) is 0 Å². The van der Waals surface area contributed by atoms with E-state index in [9.17, 15) is 14.4 Å². The second kappa shape index (κ2) is 4.52. The highest BCUT2D eigenvalue weighted by molar-refractivity contribution is 9.11. The van der Waals surface area contributed by atoms with Crippen molar-refractivity contribution < 1.29 is 14.4 Å². The summed E-state index contributed by atoms with van der Waals surface area (Å²) in [5.41, 5.74) is 0.480. The Morgan fingerprint density at radius 1 is 1.29 bits per heavy atom. The molecule has 92 valence electrons. The minimum atomic E-state index is -4.21. The maximum absolute atomic E-state index is 11.5. The summed E-state index contributed by atoms with van der Waals surface area (Å²) in [7, 11) is -2.38. The van der Waals surface area contributed by atoms with E-state index in [1.165, 1.54) is 6.08 Å². The lowest BCUT2D eigenvalue weighted by Crippen LogP contribution is -2.18.